The number of carbonyl (C=O) groups excluding carboxylic acids is 4. The van der Waals surface area contributed by atoms with Crippen LogP contribution in [0, 0.1) is 0 Å². The molecule has 2 unspecified atom stereocenters. The lowest BCUT2D eigenvalue weighted by molar-refractivity contribution is -0.161. The van der Waals surface area contributed by atoms with Crippen molar-refractivity contribution in [2.24, 2.45) is 0 Å². The molecule has 0 aromatic carbocycles. The van der Waals surface area contributed by atoms with E-state index < -0.39 is 97.5 Å². The lowest BCUT2D eigenvalue weighted by atomic mass is 10.0. The third-order valence-corrected chi connectivity index (χ3v) is 16.5. The lowest BCUT2D eigenvalue weighted by Crippen LogP contribution is -2.30. The largest absolute Gasteiger partial charge is 0.472 e. The summed E-state index contributed by atoms with van der Waals surface area (Å²) >= 11 is 0. The van der Waals surface area contributed by atoms with Crippen LogP contribution in [0.25, 0.3) is 0 Å². The first kappa shape index (κ1) is 80.1. The van der Waals surface area contributed by atoms with Crippen LogP contribution in [-0.2, 0) is 65.4 Å². The highest BCUT2D eigenvalue weighted by Crippen LogP contribution is 2.45. The number of phosphoric acid groups is 2. The molecule has 0 heterocycles. The topological polar surface area (TPSA) is 237 Å². The average Bonchev–Trinajstić information content (AvgIpc) is 3.45. The van der Waals surface area contributed by atoms with Crippen molar-refractivity contribution >= 4 is 39.5 Å². The van der Waals surface area contributed by atoms with Gasteiger partial charge in [-0.05, 0) is 25.7 Å². The van der Waals surface area contributed by atoms with E-state index in [0.29, 0.717) is 25.7 Å². The van der Waals surface area contributed by atoms with Crippen LogP contribution in [0.4, 0.5) is 0 Å². The van der Waals surface area contributed by atoms with Gasteiger partial charge >= 0.3 is 39.5 Å². The van der Waals surface area contributed by atoms with Crippen molar-refractivity contribution in [1.82, 2.24) is 0 Å². The Kier molecular flexibility index (Phi) is 56.7. The van der Waals surface area contributed by atoms with E-state index in [2.05, 4.69) is 27.7 Å². The fraction of sp³-hybridized carbons (Fsp3) is 0.937. The van der Waals surface area contributed by atoms with Crippen LogP contribution < -0.4 is 0 Å². The molecule has 0 saturated carbocycles. The molecule has 0 aliphatic heterocycles. The molecule has 0 radical (unpaired) electrons. The third-order valence-electron chi connectivity index (χ3n) is 14.6. The van der Waals surface area contributed by atoms with Gasteiger partial charge in [0.2, 0.25) is 0 Å². The van der Waals surface area contributed by atoms with Crippen LogP contribution in [0.1, 0.15) is 323 Å². The van der Waals surface area contributed by atoms with Crippen LogP contribution in [0.3, 0.4) is 0 Å². The Balaban J connectivity index is 5.19. The first-order valence-corrected chi connectivity index (χ1v) is 36.3. The van der Waals surface area contributed by atoms with E-state index in [1.54, 1.807) is 0 Å². The van der Waals surface area contributed by atoms with Gasteiger partial charge in [0.15, 0.2) is 12.2 Å². The Morgan fingerprint density at radius 1 is 0.293 bits per heavy atom. The molecule has 19 heteroatoms. The Labute approximate surface area is 498 Å². The second-order valence-corrected chi connectivity index (χ2v) is 25.7. The molecule has 0 spiro atoms. The Morgan fingerprint density at radius 2 is 0.488 bits per heavy atom. The molecule has 0 aliphatic rings. The Bertz CT molecular complexity index is 1590. The number of carbonyl (C=O) groups is 4. The Hall–Kier alpha value is -1.94. The van der Waals surface area contributed by atoms with Crippen LogP contribution >= 0.6 is 15.6 Å². The Morgan fingerprint density at radius 3 is 0.720 bits per heavy atom. The van der Waals surface area contributed by atoms with E-state index in [0.717, 1.165) is 109 Å². The number of hydrogen-bond donors (Lipinski definition) is 3. The van der Waals surface area contributed by atoms with Crippen LogP contribution in [0.5, 0.6) is 0 Å². The molecule has 0 fully saturated rings. The summed E-state index contributed by atoms with van der Waals surface area (Å²) in [6, 6.07) is 0. The third kappa shape index (κ3) is 57.2. The molecular weight excluding hydrogens is 1090 g/mol. The highest BCUT2D eigenvalue weighted by Gasteiger charge is 2.30. The van der Waals surface area contributed by atoms with Gasteiger partial charge in [-0.25, -0.2) is 9.13 Å². The number of hydrogen-bond acceptors (Lipinski definition) is 15. The molecule has 3 N–H and O–H groups in total. The van der Waals surface area contributed by atoms with E-state index in [1.807, 2.05) is 0 Å². The second kappa shape index (κ2) is 58.1. The quantitative estimate of drug-likeness (QED) is 0.0222. The molecule has 82 heavy (non-hydrogen) atoms. The van der Waals surface area contributed by atoms with Gasteiger partial charge < -0.3 is 33.8 Å². The molecule has 0 aromatic rings. The van der Waals surface area contributed by atoms with E-state index in [9.17, 15) is 43.2 Å². The van der Waals surface area contributed by atoms with Gasteiger partial charge in [-0.15, -0.1) is 0 Å². The van der Waals surface area contributed by atoms with Gasteiger partial charge in [0, 0.05) is 25.7 Å². The zero-order valence-corrected chi connectivity index (χ0v) is 54.2. The minimum absolute atomic E-state index is 0.105. The number of aliphatic hydroxyl groups is 1. The smallest absolute Gasteiger partial charge is 0.462 e. The maximum atomic E-state index is 13.0. The van der Waals surface area contributed by atoms with Crippen molar-refractivity contribution in [3.05, 3.63) is 0 Å². The second-order valence-electron chi connectivity index (χ2n) is 22.8. The first-order valence-electron chi connectivity index (χ1n) is 33.3. The van der Waals surface area contributed by atoms with Crippen molar-refractivity contribution in [2.45, 2.75) is 341 Å². The SMILES string of the molecule is CCCCCCCCCCCCCCCCCC(=O)O[C@H](COC(=O)CCCCCCCCCCCCCC)COP(=O)(O)OC[C@@H](O)COP(=O)(O)OC[C@@H](COC(=O)CCCCCCCCC)OC(=O)CCCCCCCCCC. The summed E-state index contributed by atoms with van der Waals surface area (Å²) < 4.78 is 67.8. The summed E-state index contributed by atoms with van der Waals surface area (Å²) in [5.41, 5.74) is 0. The standard InChI is InChI=1S/C63H122O17P2/c1-5-9-13-17-21-24-26-28-29-30-32-34-38-42-46-50-63(68)80-59(54-74-61(66)48-44-40-37-33-31-27-25-22-18-14-10-6-2)56-78-82(71,72)76-52-57(64)51-75-81(69,70)77-55-58(53-73-60(65)47-43-39-35-20-16-12-8-4)79-62(67)49-45-41-36-23-19-15-11-7-3/h57-59,64H,5-56H2,1-4H3,(H,69,70)(H,71,72)/t57-,58+,59+/m0/s1. The molecule has 17 nitrogen and oxygen atoms in total. The lowest BCUT2D eigenvalue weighted by Gasteiger charge is -2.21. The molecule has 486 valence electrons. The van der Waals surface area contributed by atoms with Crippen molar-refractivity contribution in [3.8, 4) is 0 Å². The predicted octanol–water partition coefficient (Wildman–Crippen LogP) is 17.5. The van der Waals surface area contributed by atoms with E-state index in [4.69, 9.17) is 37.0 Å². The highest BCUT2D eigenvalue weighted by molar-refractivity contribution is 7.47. The summed E-state index contributed by atoms with van der Waals surface area (Å²) in [7, 11) is -9.87. The van der Waals surface area contributed by atoms with E-state index in [-0.39, 0.29) is 25.7 Å². The number of unbranched alkanes of at least 4 members (excludes halogenated alkanes) is 38. The van der Waals surface area contributed by atoms with Crippen molar-refractivity contribution in [2.75, 3.05) is 39.6 Å². The zero-order valence-electron chi connectivity index (χ0n) is 52.5. The van der Waals surface area contributed by atoms with Crippen molar-refractivity contribution < 1.29 is 80.2 Å². The van der Waals surface area contributed by atoms with Gasteiger partial charge in [0.25, 0.3) is 0 Å². The number of rotatable bonds is 64. The average molecular weight is 1210 g/mol. The van der Waals surface area contributed by atoms with Gasteiger partial charge in [0.05, 0.1) is 26.4 Å². The fourth-order valence-corrected chi connectivity index (χ4v) is 11.0. The molecule has 0 saturated heterocycles. The minimum atomic E-state index is -4.94. The molecule has 0 amide bonds. The summed E-state index contributed by atoms with van der Waals surface area (Å²) in [4.78, 5) is 72.0. The summed E-state index contributed by atoms with van der Waals surface area (Å²) in [5, 5.41) is 10.5. The van der Waals surface area contributed by atoms with Gasteiger partial charge in [-0.1, -0.05) is 272 Å². The highest BCUT2D eigenvalue weighted by atomic mass is 31.2. The number of ether oxygens (including phenoxy) is 4. The molecule has 0 bridgehead atoms. The fourth-order valence-electron chi connectivity index (χ4n) is 9.46. The summed E-state index contributed by atoms with van der Waals surface area (Å²) in [6.07, 6.45) is 43.2. The molecule has 0 aliphatic carbocycles. The van der Waals surface area contributed by atoms with Crippen LogP contribution in [0.15, 0.2) is 0 Å². The number of aliphatic hydroxyl groups excluding tert-OH is 1. The molecule has 5 atom stereocenters. The van der Waals surface area contributed by atoms with Crippen molar-refractivity contribution in [1.29, 1.82) is 0 Å². The van der Waals surface area contributed by atoms with Gasteiger partial charge in [-0.2, -0.15) is 0 Å². The normalized spacial score (nSPS) is 14.2. The number of phosphoric ester groups is 2. The summed E-state index contributed by atoms with van der Waals surface area (Å²) in [6.45, 7) is 4.83. The summed E-state index contributed by atoms with van der Waals surface area (Å²) in [5.74, 6) is -2.14. The maximum absolute atomic E-state index is 13.0. The number of esters is 4. The minimum Gasteiger partial charge on any atom is -0.462 e. The van der Waals surface area contributed by atoms with Crippen LogP contribution in [0.2, 0.25) is 0 Å². The first-order chi connectivity index (χ1) is 39.7. The monoisotopic (exact) mass is 1210 g/mol. The molecular formula is C63H122O17P2. The van der Waals surface area contributed by atoms with Crippen LogP contribution in [-0.4, -0.2) is 96.7 Å². The van der Waals surface area contributed by atoms with Crippen molar-refractivity contribution in [3.63, 3.8) is 0 Å². The molecule has 0 aromatic heterocycles. The predicted molar refractivity (Wildman–Crippen MR) is 326 cm³/mol. The maximum Gasteiger partial charge on any atom is 0.472 e. The van der Waals surface area contributed by atoms with Gasteiger partial charge in [-0.3, -0.25) is 37.3 Å². The van der Waals surface area contributed by atoms with Gasteiger partial charge in [0.1, 0.15) is 19.3 Å². The molecule has 0 rings (SSSR count). The van der Waals surface area contributed by atoms with E-state index >= 15 is 0 Å². The van der Waals surface area contributed by atoms with E-state index in [1.165, 1.54) is 135 Å². The zero-order chi connectivity index (χ0) is 60.5.